The van der Waals surface area contributed by atoms with E-state index in [1.807, 2.05) is 11.3 Å². The molecular weight excluding hydrogens is 314 g/mol. The van der Waals surface area contributed by atoms with E-state index >= 15 is 0 Å². The molecule has 1 aromatic heterocycles. The third-order valence-electron chi connectivity index (χ3n) is 3.29. The average Bonchev–Trinajstić information content (AvgIpc) is 2.88. The van der Waals surface area contributed by atoms with Crippen molar-refractivity contribution in [3.63, 3.8) is 0 Å². The summed E-state index contributed by atoms with van der Waals surface area (Å²) in [6.45, 7) is 4.54. The number of thiophene rings is 1. The second-order valence-corrected chi connectivity index (χ2v) is 8.69. The average molecular weight is 334 g/mol. The molecule has 2 rings (SSSR count). The van der Waals surface area contributed by atoms with E-state index < -0.39 is 0 Å². The highest BCUT2D eigenvalue weighted by molar-refractivity contribution is 9.11. The van der Waals surface area contributed by atoms with Crippen LogP contribution in [-0.4, -0.2) is 17.0 Å². The highest BCUT2D eigenvalue weighted by atomic mass is 79.9. The van der Waals surface area contributed by atoms with E-state index in [0.717, 1.165) is 11.3 Å². The molecule has 4 heteroatoms. The first-order valence-corrected chi connectivity index (χ1v) is 8.97. The van der Waals surface area contributed by atoms with Gasteiger partial charge in [0.05, 0.1) is 3.79 Å². The predicted molar refractivity (Wildman–Crippen MR) is 83.1 cm³/mol. The summed E-state index contributed by atoms with van der Waals surface area (Å²) in [5.41, 5.74) is 0. The van der Waals surface area contributed by atoms with Crippen LogP contribution in [0.3, 0.4) is 0 Å². The van der Waals surface area contributed by atoms with Crippen molar-refractivity contribution in [2.45, 2.75) is 50.4 Å². The van der Waals surface area contributed by atoms with E-state index in [1.165, 1.54) is 33.7 Å². The lowest BCUT2D eigenvalue weighted by atomic mass is 10.2. The Morgan fingerprint density at radius 1 is 1.53 bits per heavy atom. The van der Waals surface area contributed by atoms with Gasteiger partial charge in [-0.2, -0.15) is 11.8 Å². The molecule has 3 atom stereocenters. The molecular formula is C13H20BrNS2. The second kappa shape index (κ2) is 6.60. The van der Waals surface area contributed by atoms with Gasteiger partial charge in [-0.1, -0.05) is 6.92 Å². The molecule has 0 aromatic carbocycles. The first kappa shape index (κ1) is 13.9. The molecule has 1 saturated carbocycles. The van der Waals surface area contributed by atoms with Crippen LogP contribution in [0.25, 0.3) is 0 Å². The Morgan fingerprint density at radius 2 is 2.35 bits per heavy atom. The van der Waals surface area contributed by atoms with Crippen LogP contribution >= 0.6 is 39.0 Å². The lowest BCUT2D eigenvalue weighted by Gasteiger charge is -2.18. The Morgan fingerprint density at radius 3 is 3.00 bits per heavy atom. The standard InChI is InChI=1S/C13H20BrNS2/c1-3-16-11-5-4-10(8-11)15-9(2)12-6-7-13(14)17-12/h6-7,9-11,15H,3-5,8H2,1-2H3. The topological polar surface area (TPSA) is 12.0 Å². The molecule has 96 valence electrons. The van der Waals surface area contributed by atoms with Crippen molar-refractivity contribution in [1.29, 1.82) is 0 Å². The lowest BCUT2D eigenvalue weighted by Crippen LogP contribution is -2.29. The van der Waals surface area contributed by atoms with Crippen molar-refractivity contribution in [1.82, 2.24) is 5.32 Å². The number of hydrogen-bond donors (Lipinski definition) is 1. The van der Waals surface area contributed by atoms with E-state index in [0.29, 0.717) is 6.04 Å². The van der Waals surface area contributed by atoms with Crippen LogP contribution in [-0.2, 0) is 0 Å². The van der Waals surface area contributed by atoms with Gasteiger partial charge in [-0.3, -0.25) is 0 Å². The van der Waals surface area contributed by atoms with Gasteiger partial charge in [-0.25, -0.2) is 0 Å². The molecule has 1 aromatic rings. The summed E-state index contributed by atoms with van der Waals surface area (Å²) in [5, 5.41) is 4.66. The van der Waals surface area contributed by atoms with Crippen LogP contribution in [0.15, 0.2) is 15.9 Å². The largest absolute Gasteiger partial charge is 0.307 e. The number of hydrogen-bond acceptors (Lipinski definition) is 3. The molecule has 0 bridgehead atoms. The molecule has 0 aliphatic heterocycles. The Bertz CT molecular complexity index is 353. The van der Waals surface area contributed by atoms with Gasteiger partial charge in [0.25, 0.3) is 0 Å². The van der Waals surface area contributed by atoms with E-state index in [9.17, 15) is 0 Å². The van der Waals surface area contributed by atoms with Gasteiger partial charge < -0.3 is 5.32 Å². The molecule has 0 amide bonds. The van der Waals surface area contributed by atoms with Crippen LogP contribution in [0.1, 0.15) is 44.0 Å². The second-order valence-electron chi connectivity index (χ2n) is 4.62. The van der Waals surface area contributed by atoms with Gasteiger partial charge in [0.2, 0.25) is 0 Å². The molecule has 1 fully saturated rings. The number of thioether (sulfide) groups is 1. The highest BCUT2D eigenvalue weighted by Gasteiger charge is 2.25. The van der Waals surface area contributed by atoms with Crippen molar-refractivity contribution in [3.8, 4) is 0 Å². The van der Waals surface area contributed by atoms with E-state index in [2.05, 4.69) is 59.0 Å². The summed E-state index contributed by atoms with van der Waals surface area (Å²) < 4.78 is 1.23. The summed E-state index contributed by atoms with van der Waals surface area (Å²) in [6, 6.07) is 5.57. The molecule has 1 N–H and O–H groups in total. The van der Waals surface area contributed by atoms with Crippen molar-refractivity contribution in [3.05, 3.63) is 20.8 Å². The first-order chi connectivity index (χ1) is 8.19. The van der Waals surface area contributed by atoms with Gasteiger partial charge in [0, 0.05) is 22.2 Å². The Labute approximate surface area is 121 Å². The molecule has 0 radical (unpaired) electrons. The normalized spacial score (nSPS) is 26.3. The van der Waals surface area contributed by atoms with E-state index in [4.69, 9.17) is 0 Å². The molecule has 1 aliphatic carbocycles. The van der Waals surface area contributed by atoms with Crippen LogP contribution in [0, 0.1) is 0 Å². The molecule has 17 heavy (non-hydrogen) atoms. The Hall–Kier alpha value is 0.490. The summed E-state index contributed by atoms with van der Waals surface area (Å²) in [7, 11) is 0. The first-order valence-electron chi connectivity index (χ1n) is 6.32. The van der Waals surface area contributed by atoms with Gasteiger partial charge >= 0.3 is 0 Å². The Balaban J connectivity index is 1.82. The van der Waals surface area contributed by atoms with Crippen molar-refractivity contribution < 1.29 is 0 Å². The van der Waals surface area contributed by atoms with Gasteiger partial charge in [-0.15, -0.1) is 11.3 Å². The molecule has 0 spiro atoms. The van der Waals surface area contributed by atoms with Crippen LogP contribution in [0.5, 0.6) is 0 Å². The summed E-state index contributed by atoms with van der Waals surface area (Å²) in [5.74, 6) is 1.25. The van der Waals surface area contributed by atoms with Crippen molar-refractivity contribution in [2.75, 3.05) is 5.75 Å². The minimum absolute atomic E-state index is 0.488. The van der Waals surface area contributed by atoms with Crippen LogP contribution < -0.4 is 5.32 Å². The summed E-state index contributed by atoms with van der Waals surface area (Å²) in [6.07, 6.45) is 4.07. The maximum Gasteiger partial charge on any atom is 0.0701 e. The minimum atomic E-state index is 0.488. The monoisotopic (exact) mass is 333 g/mol. The maximum absolute atomic E-state index is 3.77. The number of halogens is 1. The fourth-order valence-electron chi connectivity index (χ4n) is 2.48. The maximum atomic E-state index is 3.77. The van der Waals surface area contributed by atoms with E-state index in [1.54, 1.807) is 0 Å². The van der Waals surface area contributed by atoms with Crippen molar-refractivity contribution >= 4 is 39.0 Å². The third-order valence-corrected chi connectivity index (χ3v) is 6.33. The number of nitrogens with one attached hydrogen (secondary N) is 1. The molecule has 1 aliphatic rings. The molecule has 0 saturated heterocycles. The smallest absolute Gasteiger partial charge is 0.0701 e. The molecule has 1 nitrogen and oxygen atoms in total. The summed E-state index contributed by atoms with van der Waals surface area (Å²) in [4.78, 5) is 1.43. The fraction of sp³-hybridized carbons (Fsp3) is 0.692. The van der Waals surface area contributed by atoms with E-state index in [-0.39, 0.29) is 0 Å². The van der Waals surface area contributed by atoms with Gasteiger partial charge in [-0.05, 0) is 60.0 Å². The quantitative estimate of drug-likeness (QED) is 0.827. The van der Waals surface area contributed by atoms with Gasteiger partial charge in [0.15, 0.2) is 0 Å². The zero-order chi connectivity index (χ0) is 12.3. The predicted octanol–water partition coefficient (Wildman–Crippen LogP) is 4.84. The van der Waals surface area contributed by atoms with Crippen molar-refractivity contribution in [2.24, 2.45) is 0 Å². The van der Waals surface area contributed by atoms with Crippen LogP contribution in [0.4, 0.5) is 0 Å². The SMILES string of the molecule is CCSC1CCC(NC(C)c2ccc(Br)s2)C1. The third kappa shape index (κ3) is 3.98. The molecule has 1 heterocycles. The van der Waals surface area contributed by atoms with Gasteiger partial charge in [0.1, 0.15) is 0 Å². The minimum Gasteiger partial charge on any atom is -0.307 e. The number of rotatable bonds is 5. The fourth-order valence-corrected chi connectivity index (χ4v) is 5.05. The zero-order valence-corrected chi connectivity index (χ0v) is 13.6. The highest BCUT2D eigenvalue weighted by Crippen LogP contribution is 2.32. The molecule has 3 unspecified atom stereocenters. The summed E-state index contributed by atoms with van der Waals surface area (Å²) >= 11 is 7.49. The Kier molecular flexibility index (Phi) is 5.40. The lowest BCUT2D eigenvalue weighted by molar-refractivity contribution is 0.466. The van der Waals surface area contributed by atoms with Crippen LogP contribution in [0.2, 0.25) is 0 Å². The zero-order valence-electron chi connectivity index (χ0n) is 10.4.